The maximum Gasteiger partial charge on any atom is 0.246 e. The fourth-order valence-corrected chi connectivity index (χ4v) is 7.29. The summed E-state index contributed by atoms with van der Waals surface area (Å²) in [6.45, 7) is 4.16. The zero-order chi connectivity index (χ0) is 26.2. The molecule has 4 fully saturated rings. The first kappa shape index (κ1) is 26.2. The van der Waals surface area contributed by atoms with Gasteiger partial charge in [0.15, 0.2) is 0 Å². The van der Waals surface area contributed by atoms with Gasteiger partial charge in [-0.3, -0.25) is 14.4 Å². The number of likely N-dealkylation sites (tertiary alicyclic amines) is 1. The van der Waals surface area contributed by atoms with E-state index in [1.807, 2.05) is 44.2 Å². The molecule has 4 aliphatic rings. The van der Waals surface area contributed by atoms with Gasteiger partial charge < -0.3 is 25.4 Å². The first-order valence-electron chi connectivity index (χ1n) is 14.1. The normalized spacial score (nSPS) is 32.7. The van der Waals surface area contributed by atoms with E-state index in [4.69, 9.17) is 4.74 Å². The molecule has 37 heavy (non-hydrogen) atoms. The minimum Gasteiger partial charge on any atom is -0.394 e. The lowest BCUT2D eigenvalue weighted by Crippen LogP contribution is -2.60. The van der Waals surface area contributed by atoms with E-state index in [0.717, 1.165) is 37.7 Å². The van der Waals surface area contributed by atoms with Gasteiger partial charge in [0.05, 0.1) is 30.6 Å². The van der Waals surface area contributed by atoms with E-state index in [0.29, 0.717) is 19.4 Å². The number of fused-ring (bicyclic) bond motifs is 1. The highest BCUT2D eigenvalue weighted by Crippen LogP contribution is 2.59. The van der Waals surface area contributed by atoms with Crippen molar-refractivity contribution < 1.29 is 24.2 Å². The average molecular weight is 512 g/mol. The van der Waals surface area contributed by atoms with Gasteiger partial charge in [0.1, 0.15) is 11.6 Å². The summed E-state index contributed by atoms with van der Waals surface area (Å²) < 4.78 is 6.54. The molecule has 8 nitrogen and oxygen atoms in total. The summed E-state index contributed by atoms with van der Waals surface area (Å²) in [4.78, 5) is 43.2. The van der Waals surface area contributed by atoms with Crippen LogP contribution in [0.2, 0.25) is 0 Å². The number of amides is 3. The van der Waals surface area contributed by atoms with Crippen molar-refractivity contribution in [2.45, 2.75) is 102 Å². The van der Waals surface area contributed by atoms with Crippen molar-refractivity contribution in [3.8, 4) is 0 Å². The maximum atomic E-state index is 14.2. The van der Waals surface area contributed by atoms with Gasteiger partial charge in [0, 0.05) is 12.6 Å². The number of benzene rings is 1. The number of hydrogen-bond acceptors (Lipinski definition) is 5. The number of carbonyl (C=O) groups is 3. The molecule has 3 amide bonds. The standard InChI is InChI=1S/C29H41N3O5/c1-3-18(2)21(17-33)32-25(27(35)31-20-12-8-5-9-13-20)29-15-14-22(37-29)23(24(29)28(32)36)26(34)30-16-19-10-6-4-7-11-19/h4,6-7,10-11,18,20-25,33H,3,5,8-9,12-17H2,1-2H3,(H,30,34)(H,31,35)/t18-,21-,22+,23-,24-,25?,29?/m0/s1. The lowest BCUT2D eigenvalue weighted by atomic mass is 9.70. The number of aliphatic hydroxyl groups excluding tert-OH is 1. The second kappa shape index (κ2) is 10.7. The molecule has 3 aliphatic heterocycles. The Bertz CT molecular complexity index is 997. The van der Waals surface area contributed by atoms with Crippen molar-refractivity contribution in [2.24, 2.45) is 17.8 Å². The molecule has 2 unspecified atom stereocenters. The molecule has 0 aromatic heterocycles. The van der Waals surface area contributed by atoms with Crippen LogP contribution in [0.25, 0.3) is 0 Å². The van der Waals surface area contributed by atoms with Crippen LogP contribution in [0.4, 0.5) is 0 Å². The molecule has 3 N–H and O–H groups in total. The first-order chi connectivity index (χ1) is 17.9. The Hall–Kier alpha value is -2.45. The summed E-state index contributed by atoms with van der Waals surface area (Å²) in [6.07, 6.45) is 6.80. The lowest BCUT2D eigenvalue weighted by Gasteiger charge is -2.39. The van der Waals surface area contributed by atoms with Crippen molar-refractivity contribution in [3.63, 3.8) is 0 Å². The fraction of sp³-hybridized carbons (Fsp3) is 0.690. The van der Waals surface area contributed by atoms with E-state index >= 15 is 0 Å². The SMILES string of the molecule is CC[C@H](C)[C@H](CO)N1C(=O)[C@@H]2[C@@H](C(=O)NCc3ccccc3)[C@H]3CCC2(O3)C1C(=O)NC1CCCCC1. The third-order valence-corrected chi connectivity index (χ3v) is 9.40. The van der Waals surface area contributed by atoms with Crippen molar-refractivity contribution >= 4 is 17.7 Å². The van der Waals surface area contributed by atoms with Gasteiger partial charge in [-0.25, -0.2) is 0 Å². The van der Waals surface area contributed by atoms with Crippen molar-refractivity contribution in [1.29, 1.82) is 0 Å². The number of nitrogens with one attached hydrogen (secondary N) is 2. The Balaban J connectivity index is 1.44. The van der Waals surface area contributed by atoms with Crippen LogP contribution in [-0.2, 0) is 25.7 Å². The molecular formula is C29H41N3O5. The Labute approximate surface area is 219 Å². The van der Waals surface area contributed by atoms with E-state index in [2.05, 4.69) is 10.6 Å². The van der Waals surface area contributed by atoms with Gasteiger partial charge in [0.25, 0.3) is 0 Å². The predicted molar refractivity (Wildman–Crippen MR) is 138 cm³/mol. The van der Waals surface area contributed by atoms with E-state index in [1.165, 1.54) is 6.42 Å². The smallest absolute Gasteiger partial charge is 0.246 e. The minimum absolute atomic E-state index is 0.00304. The van der Waals surface area contributed by atoms with Gasteiger partial charge in [-0.2, -0.15) is 0 Å². The summed E-state index contributed by atoms with van der Waals surface area (Å²) >= 11 is 0. The molecule has 1 saturated carbocycles. The molecular weight excluding hydrogens is 470 g/mol. The highest BCUT2D eigenvalue weighted by molar-refractivity contribution is 5.99. The molecule has 0 radical (unpaired) electrons. The summed E-state index contributed by atoms with van der Waals surface area (Å²) in [7, 11) is 0. The van der Waals surface area contributed by atoms with Gasteiger partial charge >= 0.3 is 0 Å². The highest BCUT2D eigenvalue weighted by atomic mass is 16.5. The van der Waals surface area contributed by atoms with Crippen LogP contribution < -0.4 is 10.6 Å². The number of aliphatic hydroxyl groups is 1. The second-order valence-electron chi connectivity index (χ2n) is 11.5. The van der Waals surface area contributed by atoms with Crippen molar-refractivity contribution in [2.75, 3.05) is 6.61 Å². The monoisotopic (exact) mass is 511 g/mol. The van der Waals surface area contributed by atoms with Crippen LogP contribution in [0, 0.1) is 17.8 Å². The van der Waals surface area contributed by atoms with E-state index in [9.17, 15) is 19.5 Å². The van der Waals surface area contributed by atoms with Crippen LogP contribution in [0.15, 0.2) is 30.3 Å². The minimum atomic E-state index is -1.03. The molecule has 2 bridgehead atoms. The van der Waals surface area contributed by atoms with Crippen molar-refractivity contribution in [1.82, 2.24) is 15.5 Å². The zero-order valence-electron chi connectivity index (χ0n) is 22.0. The van der Waals surface area contributed by atoms with Crippen LogP contribution in [0.5, 0.6) is 0 Å². The van der Waals surface area contributed by atoms with Crippen LogP contribution in [0.3, 0.4) is 0 Å². The highest BCUT2D eigenvalue weighted by Gasteiger charge is 2.75. The van der Waals surface area contributed by atoms with Crippen LogP contribution >= 0.6 is 0 Å². The Kier molecular flexibility index (Phi) is 7.59. The van der Waals surface area contributed by atoms with E-state index in [-0.39, 0.29) is 42.4 Å². The molecule has 5 rings (SSSR count). The van der Waals surface area contributed by atoms with E-state index in [1.54, 1.807) is 4.90 Å². The number of rotatable bonds is 9. The van der Waals surface area contributed by atoms with Gasteiger partial charge in [-0.05, 0) is 37.2 Å². The molecule has 1 aromatic rings. The van der Waals surface area contributed by atoms with Gasteiger partial charge in [0.2, 0.25) is 17.7 Å². The molecule has 202 valence electrons. The Morgan fingerprint density at radius 2 is 1.86 bits per heavy atom. The molecule has 1 aliphatic carbocycles. The summed E-state index contributed by atoms with van der Waals surface area (Å²) in [5.41, 5.74) is -0.0493. The van der Waals surface area contributed by atoms with Crippen molar-refractivity contribution in [3.05, 3.63) is 35.9 Å². The largest absolute Gasteiger partial charge is 0.394 e. The maximum absolute atomic E-state index is 14.2. The van der Waals surface area contributed by atoms with Crippen LogP contribution in [-0.4, -0.2) is 64.2 Å². The summed E-state index contributed by atoms with van der Waals surface area (Å²) in [5.74, 6) is -2.00. The third kappa shape index (κ3) is 4.56. The predicted octanol–water partition coefficient (Wildman–Crippen LogP) is 2.53. The van der Waals surface area contributed by atoms with Crippen LogP contribution in [0.1, 0.15) is 70.8 Å². The molecule has 1 spiro atoms. The molecule has 3 saturated heterocycles. The quantitative estimate of drug-likeness (QED) is 0.472. The molecule has 3 heterocycles. The molecule has 1 aromatic carbocycles. The van der Waals surface area contributed by atoms with E-state index < -0.39 is 29.5 Å². The second-order valence-corrected chi connectivity index (χ2v) is 11.5. The topological polar surface area (TPSA) is 108 Å². The van der Waals surface area contributed by atoms with Gasteiger partial charge in [-0.1, -0.05) is 69.9 Å². The Morgan fingerprint density at radius 3 is 2.54 bits per heavy atom. The molecule has 7 atom stereocenters. The number of hydrogen-bond donors (Lipinski definition) is 3. The molecule has 8 heteroatoms. The summed E-state index contributed by atoms with van der Waals surface area (Å²) in [5, 5.41) is 16.6. The fourth-order valence-electron chi connectivity index (χ4n) is 7.29. The first-order valence-corrected chi connectivity index (χ1v) is 14.1. The zero-order valence-corrected chi connectivity index (χ0v) is 22.0. The Morgan fingerprint density at radius 1 is 1.14 bits per heavy atom. The number of ether oxygens (including phenoxy) is 1. The number of nitrogens with zero attached hydrogens (tertiary/aromatic N) is 1. The lowest BCUT2D eigenvalue weighted by molar-refractivity contribution is -0.147. The third-order valence-electron chi connectivity index (χ3n) is 9.40. The average Bonchev–Trinajstić information content (AvgIpc) is 3.56. The summed E-state index contributed by atoms with van der Waals surface area (Å²) in [6, 6.07) is 8.43. The van der Waals surface area contributed by atoms with Gasteiger partial charge in [-0.15, -0.1) is 0 Å². The number of carbonyl (C=O) groups excluding carboxylic acids is 3.